The van der Waals surface area contributed by atoms with Gasteiger partial charge in [-0.05, 0) is 25.1 Å². The fourth-order valence-electron chi connectivity index (χ4n) is 2.04. The topological polar surface area (TPSA) is 95.7 Å². The van der Waals surface area contributed by atoms with Crippen molar-refractivity contribution in [3.8, 4) is 5.75 Å². The number of hydrogen-bond acceptors (Lipinski definition) is 5. The van der Waals surface area contributed by atoms with Crippen molar-refractivity contribution in [2.24, 2.45) is 0 Å². The number of amides is 1. The molecule has 7 heteroatoms. The van der Waals surface area contributed by atoms with Crippen molar-refractivity contribution in [2.75, 3.05) is 26.2 Å². The lowest BCUT2D eigenvalue weighted by Gasteiger charge is -2.19. The van der Waals surface area contributed by atoms with Crippen LogP contribution in [-0.4, -0.2) is 47.0 Å². The molecule has 2 rings (SSSR count). The number of nitrogens with one attached hydrogen (secondary N) is 1. The Morgan fingerprint density at radius 3 is 2.84 bits per heavy atom. The molecule has 102 valence electrons. The van der Waals surface area contributed by atoms with Gasteiger partial charge in [0.1, 0.15) is 0 Å². The number of carbonyl (C=O) groups is 1. The van der Waals surface area contributed by atoms with E-state index in [2.05, 4.69) is 5.32 Å². The van der Waals surface area contributed by atoms with Gasteiger partial charge in [0.2, 0.25) is 0 Å². The molecule has 1 aromatic rings. The summed E-state index contributed by atoms with van der Waals surface area (Å²) in [5.41, 5.74) is -0.126. The summed E-state index contributed by atoms with van der Waals surface area (Å²) >= 11 is 0. The number of benzene rings is 1. The van der Waals surface area contributed by atoms with Gasteiger partial charge in [-0.3, -0.25) is 14.9 Å². The molecule has 1 aromatic carbocycles. The third kappa shape index (κ3) is 3.00. The predicted octanol–water partition coefficient (Wildman–Crippen LogP) is 0.736. The maximum atomic E-state index is 12.2. The molecule has 7 nitrogen and oxygen atoms in total. The maximum Gasteiger partial charge on any atom is 0.310 e. The molecule has 0 bridgehead atoms. The number of aromatic hydroxyl groups is 1. The molecular formula is C12H15N3O4. The molecule has 0 spiro atoms. The number of nitro groups is 1. The summed E-state index contributed by atoms with van der Waals surface area (Å²) in [5, 5.41) is 23.3. The van der Waals surface area contributed by atoms with E-state index >= 15 is 0 Å². The Bertz CT molecular complexity index is 496. The smallest absolute Gasteiger partial charge is 0.310 e. The number of phenolic OH excluding ortho intramolecular Hbond substituents is 1. The van der Waals surface area contributed by atoms with Gasteiger partial charge < -0.3 is 15.3 Å². The molecule has 2 N–H and O–H groups in total. The van der Waals surface area contributed by atoms with Gasteiger partial charge in [0.05, 0.1) is 4.92 Å². The largest absolute Gasteiger partial charge is 0.502 e. The Labute approximate surface area is 110 Å². The molecule has 0 aliphatic carbocycles. The monoisotopic (exact) mass is 265 g/mol. The molecule has 1 amide bonds. The molecule has 1 aliphatic rings. The zero-order chi connectivity index (χ0) is 13.8. The van der Waals surface area contributed by atoms with Gasteiger partial charge in [-0.2, -0.15) is 0 Å². The first-order valence-corrected chi connectivity index (χ1v) is 6.07. The minimum absolute atomic E-state index is 0.214. The molecule has 19 heavy (non-hydrogen) atoms. The van der Waals surface area contributed by atoms with E-state index in [9.17, 15) is 20.0 Å². The Morgan fingerprint density at radius 1 is 1.37 bits per heavy atom. The molecule has 0 radical (unpaired) electrons. The molecule has 0 unspecified atom stereocenters. The van der Waals surface area contributed by atoms with Crippen molar-refractivity contribution < 1.29 is 14.8 Å². The van der Waals surface area contributed by atoms with E-state index < -0.39 is 16.4 Å². The Morgan fingerprint density at radius 2 is 2.16 bits per heavy atom. The summed E-state index contributed by atoms with van der Waals surface area (Å²) in [6.07, 6.45) is 0.866. The molecule has 1 saturated heterocycles. The van der Waals surface area contributed by atoms with Crippen LogP contribution in [0, 0.1) is 10.1 Å². The molecule has 1 heterocycles. The van der Waals surface area contributed by atoms with Crippen molar-refractivity contribution in [3.63, 3.8) is 0 Å². The number of nitrogens with zero attached hydrogens (tertiary/aromatic N) is 2. The van der Waals surface area contributed by atoms with Crippen LogP contribution in [0.25, 0.3) is 0 Å². The van der Waals surface area contributed by atoms with Crippen LogP contribution < -0.4 is 5.32 Å². The Balaban J connectivity index is 2.19. The van der Waals surface area contributed by atoms with Crippen LogP contribution in [0.4, 0.5) is 5.69 Å². The van der Waals surface area contributed by atoms with Gasteiger partial charge in [0.15, 0.2) is 5.75 Å². The van der Waals surface area contributed by atoms with Crippen LogP contribution >= 0.6 is 0 Å². The van der Waals surface area contributed by atoms with E-state index in [1.807, 2.05) is 0 Å². The van der Waals surface area contributed by atoms with E-state index in [0.29, 0.717) is 13.1 Å². The van der Waals surface area contributed by atoms with Crippen molar-refractivity contribution >= 4 is 11.6 Å². The van der Waals surface area contributed by atoms with Crippen LogP contribution in [0.5, 0.6) is 5.75 Å². The normalized spacial score (nSPS) is 15.9. The second kappa shape index (κ2) is 5.66. The summed E-state index contributed by atoms with van der Waals surface area (Å²) in [7, 11) is 0. The highest BCUT2D eigenvalue weighted by atomic mass is 16.6. The lowest BCUT2D eigenvalue weighted by Crippen LogP contribution is -2.34. The summed E-state index contributed by atoms with van der Waals surface area (Å²) in [5.74, 6) is -0.697. The van der Waals surface area contributed by atoms with Gasteiger partial charge in [0, 0.05) is 31.3 Å². The second-order valence-corrected chi connectivity index (χ2v) is 4.36. The molecule has 1 aliphatic heterocycles. The summed E-state index contributed by atoms with van der Waals surface area (Å²) in [4.78, 5) is 23.8. The zero-order valence-corrected chi connectivity index (χ0v) is 10.3. The number of hydrogen-bond donors (Lipinski definition) is 2. The molecule has 0 saturated carbocycles. The summed E-state index contributed by atoms with van der Waals surface area (Å²) in [6.45, 7) is 2.83. The van der Waals surface area contributed by atoms with E-state index in [0.717, 1.165) is 31.6 Å². The fraction of sp³-hybridized carbons (Fsp3) is 0.417. The SMILES string of the molecule is O=C(c1ccc([N+](=O)[O-])c(O)c1)N1CCCNCC1. The molecular weight excluding hydrogens is 250 g/mol. The van der Waals surface area contributed by atoms with Crippen molar-refractivity contribution in [1.29, 1.82) is 0 Å². The number of carbonyl (C=O) groups excluding carboxylic acids is 1. The minimum atomic E-state index is -0.681. The fourth-order valence-corrected chi connectivity index (χ4v) is 2.04. The number of phenols is 1. The number of nitro benzene ring substituents is 1. The van der Waals surface area contributed by atoms with Crippen LogP contribution in [0.15, 0.2) is 18.2 Å². The van der Waals surface area contributed by atoms with Crippen molar-refractivity contribution in [3.05, 3.63) is 33.9 Å². The first-order chi connectivity index (χ1) is 9.09. The third-order valence-electron chi connectivity index (χ3n) is 3.05. The number of rotatable bonds is 2. The zero-order valence-electron chi connectivity index (χ0n) is 10.3. The average Bonchev–Trinajstić information content (AvgIpc) is 2.66. The van der Waals surface area contributed by atoms with Crippen LogP contribution in [0.2, 0.25) is 0 Å². The predicted molar refractivity (Wildman–Crippen MR) is 68.2 cm³/mol. The van der Waals surface area contributed by atoms with Crippen molar-refractivity contribution in [1.82, 2.24) is 10.2 Å². The third-order valence-corrected chi connectivity index (χ3v) is 3.05. The van der Waals surface area contributed by atoms with Gasteiger partial charge in [-0.25, -0.2) is 0 Å². The highest BCUT2D eigenvalue weighted by molar-refractivity contribution is 5.95. The van der Waals surface area contributed by atoms with Gasteiger partial charge in [-0.1, -0.05) is 0 Å². The lowest BCUT2D eigenvalue weighted by atomic mass is 10.1. The average molecular weight is 265 g/mol. The summed E-state index contributed by atoms with van der Waals surface area (Å²) in [6, 6.07) is 3.68. The quantitative estimate of drug-likeness (QED) is 0.607. The minimum Gasteiger partial charge on any atom is -0.502 e. The van der Waals surface area contributed by atoms with Crippen LogP contribution in [0.1, 0.15) is 16.8 Å². The highest BCUT2D eigenvalue weighted by Gasteiger charge is 2.20. The Kier molecular flexibility index (Phi) is 3.96. The molecule has 1 fully saturated rings. The first-order valence-electron chi connectivity index (χ1n) is 6.07. The first kappa shape index (κ1) is 13.3. The lowest BCUT2D eigenvalue weighted by molar-refractivity contribution is -0.385. The van der Waals surface area contributed by atoms with Crippen molar-refractivity contribution in [2.45, 2.75) is 6.42 Å². The van der Waals surface area contributed by atoms with Crippen LogP contribution in [-0.2, 0) is 0 Å². The molecule has 0 aromatic heterocycles. The Hall–Kier alpha value is -2.15. The van der Waals surface area contributed by atoms with E-state index in [1.165, 1.54) is 6.07 Å². The summed E-state index contributed by atoms with van der Waals surface area (Å²) < 4.78 is 0. The van der Waals surface area contributed by atoms with E-state index in [1.54, 1.807) is 4.90 Å². The van der Waals surface area contributed by atoms with Gasteiger partial charge in [-0.15, -0.1) is 0 Å². The second-order valence-electron chi connectivity index (χ2n) is 4.36. The standard InChI is InChI=1S/C12H15N3O4/c16-11-8-9(2-3-10(11)15(18)19)12(17)14-6-1-4-13-5-7-14/h2-3,8,13,16H,1,4-7H2. The molecule has 0 atom stereocenters. The van der Waals surface area contributed by atoms with Gasteiger partial charge >= 0.3 is 5.69 Å². The highest BCUT2D eigenvalue weighted by Crippen LogP contribution is 2.26. The van der Waals surface area contributed by atoms with E-state index in [-0.39, 0.29) is 11.5 Å². The maximum absolute atomic E-state index is 12.2. The van der Waals surface area contributed by atoms with Crippen LogP contribution in [0.3, 0.4) is 0 Å². The van der Waals surface area contributed by atoms with E-state index in [4.69, 9.17) is 0 Å². The van der Waals surface area contributed by atoms with Gasteiger partial charge in [0.25, 0.3) is 5.91 Å².